The number of thioether (sulfide) groups is 1. The van der Waals surface area contributed by atoms with Gasteiger partial charge in [0, 0.05) is 6.54 Å². The summed E-state index contributed by atoms with van der Waals surface area (Å²) in [4.78, 5) is 0. The fourth-order valence-electron chi connectivity index (χ4n) is 0.550. The minimum Gasteiger partial charge on any atom is -0.378 e. The monoisotopic (exact) mass is 167 g/mol. The van der Waals surface area contributed by atoms with Gasteiger partial charge < -0.3 is 5.32 Å². The van der Waals surface area contributed by atoms with Gasteiger partial charge in [-0.05, 0) is 13.2 Å². The van der Waals surface area contributed by atoms with Crippen LogP contribution in [-0.2, 0) is 0 Å². The minimum absolute atomic E-state index is 0.152. The van der Waals surface area contributed by atoms with E-state index < -0.39 is 0 Å². The third-order valence-corrected chi connectivity index (χ3v) is 1.75. The molecule has 0 heterocycles. The van der Waals surface area contributed by atoms with Crippen molar-refractivity contribution in [2.45, 2.75) is 6.92 Å². The molecule has 0 aromatic rings. The Labute approximate surface area is 70.7 Å². The summed E-state index contributed by atoms with van der Waals surface area (Å²) in [6.07, 6.45) is 1.83. The van der Waals surface area contributed by atoms with Crippen molar-refractivity contribution in [2.24, 2.45) is 0 Å². The molecule has 0 fully saturated rings. The minimum atomic E-state index is 0.152. The number of hydrogen-bond donors (Lipinski definition) is 1. The van der Waals surface area contributed by atoms with Crippen molar-refractivity contribution < 1.29 is 0 Å². The van der Waals surface area contributed by atoms with Gasteiger partial charge in [-0.1, -0.05) is 0 Å². The van der Waals surface area contributed by atoms with Gasteiger partial charge in [0.25, 0.3) is 0 Å². The van der Waals surface area contributed by atoms with E-state index in [1.165, 1.54) is 11.8 Å². The number of hydrogen-bond acceptors (Lipinski definition) is 4. The molecule has 0 rings (SSSR count). The van der Waals surface area contributed by atoms with Crippen molar-refractivity contribution in [1.82, 2.24) is 5.32 Å². The number of nitrogens with one attached hydrogen (secondary N) is 1. The smallest absolute Gasteiger partial charge is 0.159 e. The lowest BCUT2D eigenvalue weighted by Gasteiger charge is -2.03. The summed E-state index contributed by atoms with van der Waals surface area (Å²) in [5, 5.41) is 20.5. The fourth-order valence-corrected chi connectivity index (χ4v) is 1.13. The average molecular weight is 167 g/mol. The Kier molecular flexibility index (Phi) is 5.06. The second-order valence-electron chi connectivity index (χ2n) is 1.66. The van der Waals surface area contributed by atoms with E-state index in [1.54, 1.807) is 0 Å². The summed E-state index contributed by atoms with van der Waals surface area (Å²) < 4.78 is 0. The maximum atomic E-state index is 8.47. The first-order chi connectivity index (χ1) is 5.29. The average Bonchev–Trinajstić information content (AvgIpc) is 2.05. The lowest BCUT2D eigenvalue weighted by molar-refractivity contribution is 0.901. The molecule has 0 saturated heterocycles. The molecule has 0 bridgehead atoms. The third-order valence-electron chi connectivity index (χ3n) is 0.992. The summed E-state index contributed by atoms with van der Waals surface area (Å²) in [7, 11) is 0. The SMILES string of the molecule is CCNC(SC)=C(C#N)C#N. The highest BCUT2D eigenvalue weighted by Crippen LogP contribution is 2.11. The number of nitriles is 2. The zero-order valence-corrected chi connectivity index (χ0v) is 7.33. The zero-order chi connectivity index (χ0) is 8.69. The number of allylic oxidation sites excluding steroid dienone is 1. The molecule has 0 spiro atoms. The molecular formula is C7H9N3S. The quantitative estimate of drug-likeness (QED) is 0.642. The third kappa shape index (κ3) is 2.97. The molecule has 0 aliphatic rings. The van der Waals surface area contributed by atoms with Gasteiger partial charge in [-0.15, -0.1) is 11.8 Å². The maximum Gasteiger partial charge on any atom is 0.159 e. The van der Waals surface area contributed by atoms with E-state index in [-0.39, 0.29) is 5.57 Å². The van der Waals surface area contributed by atoms with Crippen LogP contribution >= 0.6 is 11.8 Å². The van der Waals surface area contributed by atoms with Crippen molar-refractivity contribution in [3.05, 3.63) is 10.6 Å². The highest BCUT2D eigenvalue weighted by molar-refractivity contribution is 8.02. The molecule has 0 aromatic heterocycles. The van der Waals surface area contributed by atoms with Crippen LogP contribution in [0.3, 0.4) is 0 Å². The van der Waals surface area contributed by atoms with E-state index in [1.807, 2.05) is 25.3 Å². The maximum absolute atomic E-state index is 8.47. The van der Waals surface area contributed by atoms with Gasteiger partial charge in [-0.2, -0.15) is 10.5 Å². The second kappa shape index (κ2) is 5.64. The summed E-state index contributed by atoms with van der Waals surface area (Å²) in [5.41, 5.74) is 0.152. The van der Waals surface area contributed by atoms with Crippen LogP contribution in [0.4, 0.5) is 0 Å². The molecule has 0 aromatic carbocycles. The summed E-state index contributed by atoms with van der Waals surface area (Å²) in [6, 6.07) is 3.65. The molecule has 0 amide bonds. The fraction of sp³-hybridized carbons (Fsp3) is 0.429. The highest BCUT2D eigenvalue weighted by Gasteiger charge is 2.01. The van der Waals surface area contributed by atoms with Gasteiger partial charge in [0.05, 0.1) is 5.03 Å². The number of nitrogens with zero attached hydrogens (tertiary/aromatic N) is 2. The van der Waals surface area contributed by atoms with Crippen LogP contribution in [0.15, 0.2) is 10.6 Å². The van der Waals surface area contributed by atoms with Crippen molar-refractivity contribution in [3.63, 3.8) is 0 Å². The van der Waals surface area contributed by atoms with Gasteiger partial charge in [0.1, 0.15) is 12.1 Å². The van der Waals surface area contributed by atoms with Crippen LogP contribution in [0.25, 0.3) is 0 Å². The van der Waals surface area contributed by atoms with E-state index in [0.29, 0.717) is 5.03 Å². The van der Waals surface area contributed by atoms with Crippen molar-refractivity contribution >= 4 is 11.8 Å². The Bertz CT molecular complexity index is 215. The topological polar surface area (TPSA) is 59.6 Å². The molecule has 0 aliphatic heterocycles. The van der Waals surface area contributed by atoms with Crippen LogP contribution in [0.1, 0.15) is 6.92 Å². The summed E-state index contributed by atoms with van der Waals surface area (Å²) in [6.45, 7) is 2.64. The normalized spacial score (nSPS) is 7.64. The molecule has 58 valence electrons. The molecule has 0 radical (unpaired) electrons. The zero-order valence-electron chi connectivity index (χ0n) is 6.51. The molecule has 11 heavy (non-hydrogen) atoms. The first-order valence-corrected chi connectivity index (χ1v) is 4.34. The first-order valence-electron chi connectivity index (χ1n) is 3.12. The van der Waals surface area contributed by atoms with Crippen molar-refractivity contribution in [3.8, 4) is 12.1 Å². The standard InChI is InChI=1S/C7H9N3S/c1-3-10-7(11-2)6(4-8)5-9/h10H,3H2,1-2H3. The van der Waals surface area contributed by atoms with Crippen LogP contribution in [0.5, 0.6) is 0 Å². The Hall–Kier alpha value is -1.13. The molecule has 1 N–H and O–H groups in total. The predicted octanol–water partition coefficient (Wildman–Crippen LogP) is 1.22. The molecule has 0 unspecified atom stereocenters. The van der Waals surface area contributed by atoms with Crippen molar-refractivity contribution in [1.29, 1.82) is 10.5 Å². The molecule has 4 heteroatoms. The van der Waals surface area contributed by atoms with Crippen LogP contribution in [0.2, 0.25) is 0 Å². The first kappa shape index (κ1) is 9.87. The van der Waals surface area contributed by atoms with E-state index >= 15 is 0 Å². The Morgan fingerprint density at radius 2 is 2.00 bits per heavy atom. The molecule has 0 atom stereocenters. The molecule has 3 nitrogen and oxygen atoms in total. The van der Waals surface area contributed by atoms with Crippen LogP contribution < -0.4 is 5.32 Å². The van der Waals surface area contributed by atoms with Gasteiger partial charge >= 0.3 is 0 Å². The lowest BCUT2D eigenvalue weighted by Crippen LogP contribution is -2.10. The number of rotatable bonds is 3. The summed E-state index contributed by atoms with van der Waals surface area (Å²) >= 11 is 1.38. The summed E-state index contributed by atoms with van der Waals surface area (Å²) in [5.74, 6) is 0. The van der Waals surface area contributed by atoms with E-state index in [4.69, 9.17) is 10.5 Å². The Morgan fingerprint density at radius 1 is 1.45 bits per heavy atom. The highest BCUT2D eigenvalue weighted by atomic mass is 32.2. The van der Waals surface area contributed by atoms with Gasteiger partial charge in [0.2, 0.25) is 0 Å². The Morgan fingerprint density at radius 3 is 2.27 bits per heavy atom. The van der Waals surface area contributed by atoms with E-state index in [9.17, 15) is 0 Å². The van der Waals surface area contributed by atoms with Crippen LogP contribution in [-0.4, -0.2) is 12.8 Å². The molecular weight excluding hydrogens is 158 g/mol. The van der Waals surface area contributed by atoms with Gasteiger partial charge in [-0.25, -0.2) is 0 Å². The predicted molar refractivity (Wildman–Crippen MR) is 45.4 cm³/mol. The second-order valence-corrected chi connectivity index (χ2v) is 2.48. The molecule has 0 aliphatic carbocycles. The Balaban J connectivity index is 4.55. The van der Waals surface area contributed by atoms with Crippen LogP contribution in [0, 0.1) is 22.7 Å². The van der Waals surface area contributed by atoms with Gasteiger partial charge in [0.15, 0.2) is 5.57 Å². The van der Waals surface area contributed by atoms with Crippen molar-refractivity contribution in [2.75, 3.05) is 12.8 Å². The van der Waals surface area contributed by atoms with Gasteiger partial charge in [-0.3, -0.25) is 0 Å². The largest absolute Gasteiger partial charge is 0.378 e. The van der Waals surface area contributed by atoms with E-state index in [2.05, 4.69) is 5.32 Å². The molecule has 0 saturated carbocycles. The lowest BCUT2D eigenvalue weighted by atomic mass is 10.3. The van der Waals surface area contributed by atoms with E-state index in [0.717, 1.165) is 6.54 Å².